The van der Waals surface area contributed by atoms with E-state index in [1.54, 1.807) is 13.2 Å². The summed E-state index contributed by atoms with van der Waals surface area (Å²) < 4.78 is 5.16. The smallest absolute Gasteiger partial charge is 0.157 e. The van der Waals surface area contributed by atoms with Crippen molar-refractivity contribution in [3.8, 4) is 22.9 Å². The molecule has 1 heterocycles. The van der Waals surface area contributed by atoms with Crippen LogP contribution in [0.25, 0.3) is 11.1 Å². The first-order chi connectivity index (χ1) is 11.2. The van der Waals surface area contributed by atoms with Gasteiger partial charge < -0.3 is 10.1 Å². The lowest BCUT2D eigenvalue weighted by atomic mass is 10.0. The van der Waals surface area contributed by atoms with Crippen LogP contribution >= 0.6 is 11.3 Å². The average Bonchev–Trinajstić information content (AvgIpc) is 2.97. The molecule has 0 bridgehead atoms. The molecule has 1 aliphatic carbocycles. The molecule has 0 aliphatic heterocycles. The van der Waals surface area contributed by atoms with E-state index in [0.717, 1.165) is 40.4 Å². The summed E-state index contributed by atoms with van der Waals surface area (Å²) >= 11 is 1.48. The number of rotatable bonds is 4. The standard InChI is InChI=1S/C18H16N2O2S/c1-22-15-7-5-12(6-8-15)17-11-23-18(16(17)10-19)20-13-3-2-4-14(21)9-13/h5-9,11,20H,2-4H2,1H3. The first-order valence-electron chi connectivity index (χ1n) is 7.37. The highest BCUT2D eigenvalue weighted by Gasteiger charge is 2.16. The summed E-state index contributed by atoms with van der Waals surface area (Å²) in [5, 5.41) is 15.5. The van der Waals surface area contributed by atoms with Gasteiger partial charge in [-0.1, -0.05) is 12.1 Å². The van der Waals surface area contributed by atoms with E-state index in [4.69, 9.17) is 4.74 Å². The molecule has 4 nitrogen and oxygen atoms in total. The third-order valence-corrected chi connectivity index (χ3v) is 4.68. The van der Waals surface area contributed by atoms with Crippen LogP contribution in [-0.2, 0) is 4.79 Å². The molecule has 1 aliphatic rings. The maximum Gasteiger partial charge on any atom is 0.157 e. The summed E-state index contributed by atoms with van der Waals surface area (Å²) in [4.78, 5) is 11.5. The van der Waals surface area contributed by atoms with E-state index in [1.807, 2.05) is 29.6 Å². The molecule has 0 fully saturated rings. The molecular weight excluding hydrogens is 308 g/mol. The average molecular weight is 324 g/mol. The number of nitrogens with one attached hydrogen (secondary N) is 1. The third-order valence-electron chi connectivity index (χ3n) is 3.78. The summed E-state index contributed by atoms with van der Waals surface area (Å²) in [7, 11) is 1.63. The second kappa shape index (κ2) is 6.67. The molecule has 0 radical (unpaired) electrons. The van der Waals surface area contributed by atoms with Crippen molar-refractivity contribution < 1.29 is 9.53 Å². The van der Waals surface area contributed by atoms with Gasteiger partial charge in [-0.05, 0) is 30.5 Å². The van der Waals surface area contributed by atoms with Gasteiger partial charge >= 0.3 is 0 Å². The lowest BCUT2D eigenvalue weighted by Gasteiger charge is -2.13. The van der Waals surface area contributed by atoms with Crippen LogP contribution in [-0.4, -0.2) is 12.9 Å². The predicted molar refractivity (Wildman–Crippen MR) is 91.6 cm³/mol. The molecule has 2 aromatic rings. The Morgan fingerprint density at radius 3 is 2.70 bits per heavy atom. The maximum absolute atomic E-state index is 11.5. The molecule has 0 saturated heterocycles. The van der Waals surface area contributed by atoms with Crippen LogP contribution in [0.15, 0.2) is 41.4 Å². The Bertz CT molecular complexity index is 797. The van der Waals surface area contributed by atoms with Gasteiger partial charge in [0.1, 0.15) is 16.8 Å². The van der Waals surface area contributed by atoms with Crippen LogP contribution in [0.2, 0.25) is 0 Å². The number of nitriles is 1. The van der Waals surface area contributed by atoms with Crippen molar-refractivity contribution in [2.24, 2.45) is 0 Å². The molecule has 1 aromatic carbocycles. The molecule has 1 aromatic heterocycles. The fourth-order valence-corrected chi connectivity index (χ4v) is 3.53. The number of hydrogen-bond acceptors (Lipinski definition) is 5. The van der Waals surface area contributed by atoms with Gasteiger partial charge in [0.05, 0.1) is 12.7 Å². The lowest BCUT2D eigenvalue weighted by Crippen LogP contribution is -2.09. The molecule has 5 heteroatoms. The van der Waals surface area contributed by atoms with Crippen molar-refractivity contribution in [2.45, 2.75) is 19.3 Å². The summed E-state index contributed by atoms with van der Waals surface area (Å²) in [6, 6.07) is 9.91. The van der Waals surface area contributed by atoms with Crippen molar-refractivity contribution in [1.29, 1.82) is 5.26 Å². The number of thiophene rings is 1. The second-order valence-corrected chi connectivity index (χ2v) is 6.19. The Morgan fingerprint density at radius 1 is 1.26 bits per heavy atom. The molecular formula is C18H16N2O2S. The van der Waals surface area contributed by atoms with Crippen molar-refractivity contribution in [3.05, 3.63) is 47.0 Å². The molecule has 1 N–H and O–H groups in total. The van der Waals surface area contributed by atoms with Crippen molar-refractivity contribution >= 4 is 22.1 Å². The highest BCUT2D eigenvalue weighted by molar-refractivity contribution is 7.15. The van der Waals surface area contributed by atoms with Gasteiger partial charge in [0.15, 0.2) is 5.78 Å². The fourth-order valence-electron chi connectivity index (χ4n) is 2.58. The summed E-state index contributed by atoms with van der Waals surface area (Å²) in [6.45, 7) is 0. The Kier molecular flexibility index (Phi) is 4.45. The molecule has 0 atom stereocenters. The molecule has 23 heavy (non-hydrogen) atoms. The molecule has 3 rings (SSSR count). The van der Waals surface area contributed by atoms with E-state index in [9.17, 15) is 10.1 Å². The van der Waals surface area contributed by atoms with E-state index in [2.05, 4.69) is 11.4 Å². The number of nitrogens with zero attached hydrogens (tertiary/aromatic N) is 1. The van der Waals surface area contributed by atoms with E-state index in [1.165, 1.54) is 11.3 Å². The number of hydrogen-bond donors (Lipinski definition) is 1. The molecule has 0 spiro atoms. The van der Waals surface area contributed by atoms with E-state index >= 15 is 0 Å². The van der Waals surface area contributed by atoms with Crippen LogP contribution in [0.4, 0.5) is 5.00 Å². The van der Waals surface area contributed by atoms with Crippen molar-refractivity contribution in [2.75, 3.05) is 12.4 Å². The zero-order valence-electron chi connectivity index (χ0n) is 12.8. The quantitative estimate of drug-likeness (QED) is 0.908. The van der Waals surface area contributed by atoms with Crippen LogP contribution < -0.4 is 10.1 Å². The van der Waals surface area contributed by atoms with Gasteiger partial charge in [-0.25, -0.2) is 0 Å². The van der Waals surface area contributed by atoms with Crippen LogP contribution in [0.3, 0.4) is 0 Å². The first kappa shape index (κ1) is 15.3. The lowest BCUT2D eigenvalue weighted by molar-refractivity contribution is -0.115. The van der Waals surface area contributed by atoms with Gasteiger partial charge in [-0.15, -0.1) is 11.3 Å². The Balaban J connectivity index is 1.90. The number of ether oxygens (including phenoxy) is 1. The monoisotopic (exact) mass is 324 g/mol. The van der Waals surface area contributed by atoms with E-state index in [0.29, 0.717) is 12.0 Å². The Morgan fingerprint density at radius 2 is 2.04 bits per heavy atom. The summed E-state index contributed by atoms with van der Waals surface area (Å²) in [5.41, 5.74) is 3.37. The van der Waals surface area contributed by atoms with Crippen molar-refractivity contribution in [3.63, 3.8) is 0 Å². The van der Waals surface area contributed by atoms with Gasteiger partial charge in [-0.2, -0.15) is 5.26 Å². The van der Waals surface area contributed by atoms with Crippen LogP contribution in [0, 0.1) is 11.3 Å². The van der Waals surface area contributed by atoms with Gasteiger partial charge in [0, 0.05) is 29.1 Å². The number of carbonyl (C=O) groups excluding carboxylic acids is 1. The number of methoxy groups -OCH3 is 1. The van der Waals surface area contributed by atoms with Crippen molar-refractivity contribution in [1.82, 2.24) is 0 Å². The topological polar surface area (TPSA) is 62.1 Å². The Labute approximate surface area is 139 Å². The van der Waals surface area contributed by atoms with E-state index in [-0.39, 0.29) is 5.78 Å². The number of ketones is 1. The minimum atomic E-state index is 0.143. The number of allylic oxidation sites excluding steroid dienone is 2. The summed E-state index contributed by atoms with van der Waals surface area (Å²) in [5.74, 6) is 0.927. The van der Waals surface area contributed by atoms with Crippen LogP contribution in [0.1, 0.15) is 24.8 Å². The molecule has 0 saturated carbocycles. The SMILES string of the molecule is COc1ccc(-c2csc(NC3=CC(=O)CCC3)c2C#N)cc1. The zero-order chi connectivity index (χ0) is 16.2. The zero-order valence-corrected chi connectivity index (χ0v) is 13.6. The fraction of sp³-hybridized carbons (Fsp3) is 0.222. The van der Waals surface area contributed by atoms with E-state index < -0.39 is 0 Å². The molecule has 116 valence electrons. The van der Waals surface area contributed by atoms with Gasteiger partial charge in [0.25, 0.3) is 0 Å². The van der Waals surface area contributed by atoms with Gasteiger partial charge in [-0.3, -0.25) is 4.79 Å². The highest BCUT2D eigenvalue weighted by Crippen LogP contribution is 2.36. The highest BCUT2D eigenvalue weighted by atomic mass is 32.1. The first-order valence-corrected chi connectivity index (χ1v) is 8.25. The third kappa shape index (κ3) is 3.27. The largest absolute Gasteiger partial charge is 0.497 e. The summed E-state index contributed by atoms with van der Waals surface area (Å²) in [6.07, 6.45) is 3.96. The normalized spacial score (nSPS) is 14.1. The predicted octanol–water partition coefficient (Wildman–Crippen LogP) is 4.34. The molecule has 0 amide bonds. The van der Waals surface area contributed by atoms with Gasteiger partial charge in [0.2, 0.25) is 0 Å². The number of carbonyl (C=O) groups is 1. The minimum absolute atomic E-state index is 0.143. The maximum atomic E-state index is 11.5. The minimum Gasteiger partial charge on any atom is -0.497 e. The second-order valence-electron chi connectivity index (χ2n) is 5.31. The van der Waals surface area contributed by atoms with Crippen LogP contribution in [0.5, 0.6) is 5.75 Å². The Hall–Kier alpha value is -2.58. The number of benzene rings is 1. The molecule has 0 unspecified atom stereocenters. The number of anilines is 1.